The number of fused-ring (bicyclic) bond motifs is 1. The zero-order valence-corrected chi connectivity index (χ0v) is 7.58. The molecular weight excluding hydrogens is 179 g/mol. The molecule has 0 saturated carbocycles. The molecule has 0 spiro atoms. The molecule has 1 heterocycles. The van der Waals surface area contributed by atoms with Gasteiger partial charge < -0.3 is 0 Å². The molecule has 0 radical (unpaired) electrons. The van der Waals surface area contributed by atoms with E-state index in [-0.39, 0.29) is 5.82 Å². The minimum Gasteiger partial charge on any atom is -0.242 e. The number of pyridine rings is 1. The lowest BCUT2D eigenvalue weighted by Gasteiger charge is -2.01. The summed E-state index contributed by atoms with van der Waals surface area (Å²) in [6.45, 7) is 1.78. The van der Waals surface area contributed by atoms with Crippen LogP contribution in [0.15, 0.2) is 24.3 Å². The first-order valence-electron chi connectivity index (χ1n) is 4.18. The first-order chi connectivity index (χ1) is 6.70. The lowest BCUT2D eigenvalue weighted by atomic mass is 10.1. The lowest BCUT2D eigenvalue weighted by Crippen LogP contribution is -1.89. The van der Waals surface area contributed by atoms with E-state index in [1.54, 1.807) is 19.1 Å². The van der Waals surface area contributed by atoms with E-state index in [1.165, 1.54) is 12.1 Å². The Kier molecular flexibility index (Phi) is 1.90. The van der Waals surface area contributed by atoms with E-state index in [0.717, 1.165) is 5.69 Å². The molecule has 1 aromatic heterocycles. The molecule has 0 N–H and O–H groups in total. The van der Waals surface area contributed by atoms with Gasteiger partial charge in [0, 0.05) is 11.1 Å². The van der Waals surface area contributed by atoms with Gasteiger partial charge in [0.05, 0.1) is 0 Å². The van der Waals surface area contributed by atoms with E-state index in [1.807, 2.05) is 6.07 Å². The summed E-state index contributed by atoms with van der Waals surface area (Å²) in [4.78, 5) is 4.07. The van der Waals surface area contributed by atoms with E-state index in [0.29, 0.717) is 16.5 Å². The Labute approximate surface area is 80.6 Å². The molecule has 68 valence electrons. The van der Waals surface area contributed by atoms with Crippen molar-refractivity contribution in [2.45, 2.75) is 6.92 Å². The van der Waals surface area contributed by atoms with Gasteiger partial charge in [0.25, 0.3) is 0 Å². The average Bonchev–Trinajstić information content (AvgIpc) is 2.15. The number of halogens is 1. The number of aryl methyl sites for hydroxylation is 1. The van der Waals surface area contributed by atoms with E-state index in [2.05, 4.69) is 4.98 Å². The number of rotatable bonds is 0. The molecular formula is C11H7FN2. The molecule has 14 heavy (non-hydrogen) atoms. The zero-order chi connectivity index (χ0) is 10.1. The molecule has 0 atom stereocenters. The van der Waals surface area contributed by atoms with Gasteiger partial charge in [-0.25, -0.2) is 9.37 Å². The number of nitriles is 1. The minimum absolute atomic E-state index is 0.299. The van der Waals surface area contributed by atoms with Crippen LogP contribution in [0.1, 0.15) is 11.4 Å². The summed E-state index contributed by atoms with van der Waals surface area (Å²) in [5, 5.41) is 10.2. The second-order valence-corrected chi connectivity index (χ2v) is 3.09. The normalized spacial score (nSPS) is 10.1. The van der Waals surface area contributed by atoms with E-state index in [9.17, 15) is 4.39 Å². The molecule has 0 fully saturated rings. The Balaban J connectivity index is 2.89. The smallest absolute Gasteiger partial charge is 0.148 e. The standard InChI is InChI=1S/C11H7FN2/c1-7-4-8-5-9(12)2-3-10(8)11(6-13)14-7/h2-5H,1H3. The quantitative estimate of drug-likeness (QED) is 0.634. The zero-order valence-electron chi connectivity index (χ0n) is 7.58. The van der Waals surface area contributed by atoms with E-state index in [4.69, 9.17) is 5.26 Å². The maximum Gasteiger partial charge on any atom is 0.148 e. The fourth-order valence-corrected chi connectivity index (χ4v) is 1.45. The summed E-state index contributed by atoms with van der Waals surface area (Å²) < 4.78 is 12.9. The molecule has 0 aliphatic rings. The van der Waals surface area contributed by atoms with Crippen molar-refractivity contribution in [3.63, 3.8) is 0 Å². The van der Waals surface area contributed by atoms with Gasteiger partial charge >= 0.3 is 0 Å². The Hall–Kier alpha value is -1.95. The highest BCUT2D eigenvalue weighted by Crippen LogP contribution is 2.18. The first kappa shape index (κ1) is 8.64. The van der Waals surface area contributed by atoms with Crippen molar-refractivity contribution in [2.24, 2.45) is 0 Å². The fraction of sp³-hybridized carbons (Fsp3) is 0.0909. The molecule has 0 unspecified atom stereocenters. The minimum atomic E-state index is -0.299. The summed E-state index contributed by atoms with van der Waals surface area (Å²) in [6.07, 6.45) is 0. The van der Waals surface area contributed by atoms with Gasteiger partial charge in [-0.05, 0) is 36.6 Å². The van der Waals surface area contributed by atoms with Crippen LogP contribution in [0.5, 0.6) is 0 Å². The molecule has 2 rings (SSSR count). The fourth-order valence-electron chi connectivity index (χ4n) is 1.45. The SMILES string of the molecule is Cc1cc2cc(F)ccc2c(C#N)n1. The van der Waals surface area contributed by atoms with Crippen LogP contribution in [0.2, 0.25) is 0 Å². The predicted molar refractivity (Wildman–Crippen MR) is 51.2 cm³/mol. The van der Waals surface area contributed by atoms with Gasteiger partial charge in [0.2, 0.25) is 0 Å². The number of hydrogen-bond acceptors (Lipinski definition) is 2. The molecule has 2 aromatic rings. The lowest BCUT2D eigenvalue weighted by molar-refractivity contribution is 0.629. The third-order valence-electron chi connectivity index (χ3n) is 2.03. The number of hydrogen-bond donors (Lipinski definition) is 0. The van der Waals surface area contributed by atoms with Crippen molar-refractivity contribution in [1.29, 1.82) is 5.26 Å². The van der Waals surface area contributed by atoms with Gasteiger partial charge in [0.1, 0.15) is 17.6 Å². The summed E-state index contributed by atoms with van der Waals surface area (Å²) in [5.41, 5.74) is 1.07. The molecule has 0 bridgehead atoms. The van der Waals surface area contributed by atoms with Crippen LogP contribution in [0.3, 0.4) is 0 Å². The topological polar surface area (TPSA) is 36.7 Å². The number of benzene rings is 1. The highest BCUT2D eigenvalue weighted by molar-refractivity contribution is 5.86. The Bertz CT molecular complexity index is 535. The van der Waals surface area contributed by atoms with Gasteiger partial charge in [0.15, 0.2) is 0 Å². The van der Waals surface area contributed by atoms with Crippen LogP contribution >= 0.6 is 0 Å². The Morgan fingerprint density at radius 2 is 2.14 bits per heavy atom. The highest BCUT2D eigenvalue weighted by atomic mass is 19.1. The second kappa shape index (κ2) is 3.08. The monoisotopic (exact) mass is 186 g/mol. The van der Waals surface area contributed by atoms with Gasteiger partial charge in [-0.2, -0.15) is 5.26 Å². The molecule has 1 aromatic carbocycles. The van der Waals surface area contributed by atoms with Crippen molar-refractivity contribution in [2.75, 3.05) is 0 Å². The Morgan fingerprint density at radius 3 is 2.86 bits per heavy atom. The highest BCUT2D eigenvalue weighted by Gasteiger charge is 2.03. The number of nitrogens with zero attached hydrogens (tertiary/aromatic N) is 2. The van der Waals surface area contributed by atoms with Crippen LogP contribution in [-0.4, -0.2) is 4.98 Å². The van der Waals surface area contributed by atoms with Crippen molar-refractivity contribution >= 4 is 10.8 Å². The summed E-state index contributed by atoms with van der Waals surface area (Å²) in [7, 11) is 0. The largest absolute Gasteiger partial charge is 0.242 e. The van der Waals surface area contributed by atoms with Crippen molar-refractivity contribution in [3.8, 4) is 6.07 Å². The molecule has 0 aliphatic heterocycles. The van der Waals surface area contributed by atoms with Gasteiger partial charge in [-0.1, -0.05) is 0 Å². The molecule has 0 saturated heterocycles. The van der Waals surface area contributed by atoms with Crippen LogP contribution in [0.4, 0.5) is 4.39 Å². The van der Waals surface area contributed by atoms with Gasteiger partial charge in [-0.15, -0.1) is 0 Å². The van der Waals surface area contributed by atoms with Gasteiger partial charge in [-0.3, -0.25) is 0 Å². The first-order valence-corrected chi connectivity index (χ1v) is 4.18. The van der Waals surface area contributed by atoms with Crippen molar-refractivity contribution < 1.29 is 4.39 Å². The molecule has 2 nitrogen and oxygen atoms in total. The molecule has 0 aliphatic carbocycles. The molecule has 3 heteroatoms. The van der Waals surface area contributed by atoms with Crippen LogP contribution in [0, 0.1) is 24.1 Å². The van der Waals surface area contributed by atoms with E-state index < -0.39 is 0 Å². The van der Waals surface area contributed by atoms with Crippen molar-refractivity contribution in [3.05, 3.63) is 41.5 Å². The van der Waals surface area contributed by atoms with Crippen LogP contribution in [-0.2, 0) is 0 Å². The van der Waals surface area contributed by atoms with Crippen LogP contribution in [0.25, 0.3) is 10.8 Å². The Morgan fingerprint density at radius 1 is 1.36 bits per heavy atom. The molecule has 0 amide bonds. The predicted octanol–water partition coefficient (Wildman–Crippen LogP) is 2.55. The summed E-state index contributed by atoms with van der Waals surface area (Å²) >= 11 is 0. The van der Waals surface area contributed by atoms with E-state index >= 15 is 0 Å². The summed E-state index contributed by atoms with van der Waals surface area (Å²) in [5.74, 6) is -0.299. The van der Waals surface area contributed by atoms with Crippen LogP contribution < -0.4 is 0 Å². The summed E-state index contributed by atoms with van der Waals surface area (Å²) in [6, 6.07) is 8.08. The third-order valence-corrected chi connectivity index (χ3v) is 2.03. The third kappa shape index (κ3) is 1.31. The van der Waals surface area contributed by atoms with Crippen molar-refractivity contribution in [1.82, 2.24) is 4.98 Å². The second-order valence-electron chi connectivity index (χ2n) is 3.09. The average molecular weight is 186 g/mol. The number of aromatic nitrogens is 1. The maximum atomic E-state index is 12.9. The maximum absolute atomic E-state index is 12.9.